The number of nitro groups is 1. The van der Waals surface area contributed by atoms with Gasteiger partial charge in [0.15, 0.2) is 0 Å². The van der Waals surface area contributed by atoms with Gasteiger partial charge in [-0.3, -0.25) is 25.0 Å². The zero-order valence-corrected chi connectivity index (χ0v) is 19.6. The molecule has 2 N–H and O–H groups in total. The summed E-state index contributed by atoms with van der Waals surface area (Å²) in [7, 11) is 0. The van der Waals surface area contributed by atoms with Crippen molar-refractivity contribution in [1.82, 2.24) is 9.36 Å². The van der Waals surface area contributed by atoms with Gasteiger partial charge < -0.3 is 5.32 Å². The highest BCUT2D eigenvalue weighted by Gasteiger charge is 2.17. The number of nitrogens with zero attached hydrogens (tertiary/aromatic N) is 3. The highest BCUT2D eigenvalue weighted by molar-refractivity contribution is 8.00. The number of rotatable bonds is 9. The molecule has 166 valence electrons. The number of benzene rings is 2. The van der Waals surface area contributed by atoms with Gasteiger partial charge in [0, 0.05) is 39.8 Å². The summed E-state index contributed by atoms with van der Waals surface area (Å²) in [4.78, 5) is 40.4. The monoisotopic (exact) mass is 489 g/mol. The van der Waals surface area contributed by atoms with Crippen LogP contribution in [0.2, 0.25) is 0 Å². The molecule has 0 fully saturated rings. The maximum Gasteiger partial charge on any atom is 0.270 e. The minimum atomic E-state index is -0.550. The summed E-state index contributed by atoms with van der Waals surface area (Å²) in [5, 5.41) is 17.1. The SMILES string of the molecule is CCSc1nsc(NC(=O)C(C)Sc2cccc(NC(=O)c3cccc([N+](=O)[O-])c3)c2)n1. The Morgan fingerprint density at radius 1 is 1.19 bits per heavy atom. The molecular weight excluding hydrogens is 470 g/mol. The van der Waals surface area contributed by atoms with Gasteiger partial charge in [-0.05, 0) is 36.9 Å². The van der Waals surface area contributed by atoms with Gasteiger partial charge in [-0.2, -0.15) is 9.36 Å². The summed E-state index contributed by atoms with van der Waals surface area (Å²) in [6.07, 6.45) is 0. The number of hydrogen-bond acceptors (Lipinski definition) is 9. The van der Waals surface area contributed by atoms with Gasteiger partial charge in [-0.1, -0.05) is 30.8 Å². The Morgan fingerprint density at radius 3 is 2.72 bits per heavy atom. The number of anilines is 2. The zero-order chi connectivity index (χ0) is 23.1. The Bertz CT molecular complexity index is 1140. The van der Waals surface area contributed by atoms with Gasteiger partial charge in [0.05, 0.1) is 10.2 Å². The van der Waals surface area contributed by atoms with Crippen molar-refractivity contribution in [1.29, 1.82) is 0 Å². The van der Waals surface area contributed by atoms with Crippen molar-refractivity contribution in [2.75, 3.05) is 16.4 Å². The van der Waals surface area contributed by atoms with Crippen molar-refractivity contribution in [3.8, 4) is 0 Å². The molecule has 0 spiro atoms. The van der Waals surface area contributed by atoms with Crippen molar-refractivity contribution in [2.24, 2.45) is 0 Å². The predicted octanol–water partition coefficient (Wildman–Crippen LogP) is 4.93. The fourth-order valence-electron chi connectivity index (χ4n) is 2.52. The molecule has 0 radical (unpaired) electrons. The summed E-state index contributed by atoms with van der Waals surface area (Å²) in [5.74, 6) is 0.189. The Morgan fingerprint density at radius 2 is 1.97 bits per heavy atom. The van der Waals surface area contributed by atoms with Crippen molar-refractivity contribution in [2.45, 2.75) is 29.1 Å². The molecule has 9 nitrogen and oxygen atoms in total. The molecule has 3 rings (SSSR count). The largest absolute Gasteiger partial charge is 0.322 e. The number of non-ortho nitro benzene ring substituents is 1. The van der Waals surface area contributed by atoms with Crippen molar-refractivity contribution < 1.29 is 14.5 Å². The first-order valence-electron chi connectivity index (χ1n) is 9.45. The van der Waals surface area contributed by atoms with Crippen LogP contribution in [0.4, 0.5) is 16.5 Å². The summed E-state index contributed by atoms with van der Waals surface area (Å²) < 4.78 is 4.18. The number of carbonyl (C=O) groups excluding carboxylic acids is 2. The fourth-order valence-corrected chi connectivity index (χ4v) is 4.72. The Labute approximate surface area is 196 Å². The minimum Gasteiger partial charge on any atom is -0.322 e. The number of amides is 2. The third-order valence-corrected chi connectivity index (χ3v) is 6.57. The van der Waals surface area contributed by atoms with Crippen LogP contribution in [0.15, 0.2) is 58.6 Å². The van der Waals surface area contributed by atoms with Crippen LogP contribution in [0.5, 0.6) is 0 Å². The van der Waals surface area contributed by atoms with E-state index < -0.39 is 16.1 Å². The minimum absolute atomic E-state index is 0.155. The molecule has 12 heteroatoms. The smallest absolute Gasteiger partial charge is 0.270 e. The van der Waals surface area contributed by atoms with Crippen molar-refractivity contribution in [3.63, 3.8) is 0 Å². The van der Waals surface area contributed by atoms with Gasteiger partial charge in [-0.25, -0.2) is 0 Å². The average Bonchev–Trinajstić information content (AvgIpc) is 3.21. The van der Waals surface area contributed by atoms with Crippen LogP contribution < -0.4 is 10.6 Å². The third kappa shape index (κ3) is 6.52. The summed E-state index contributed by atoms with van der Waals surface area (Å²) in [6.45, 7) is 3.78. The third-order valence-electron chi connectivity index (χ3n) is 4.00. The second kappa shape index (κ2) is 11.1. The standard InChI is InChI=1S/C20H19N5O4S3/c1-3-30-20-23-19(32-24-20)22-17(26)12(2)31-16-9-5-7-14(11-16)21-18(27)13-6-4-8-15(10-13)25(28)29/h4-12H,3H2,1-2H3,(H,21,27)(H,22,23,24,26). The lowest BCUT2D eigenvalue weighted by molar-refractivity contribution is -0.384. The molecule has 1 unspecified atom stereocenters. The lowest BCUT2D eigenvalue weighted by Crippen LogP contribution is -2.22. The van der Waals surface area contributed by atoms with Crippen LogP contribution in [0.25, 0.3) is 0 Å². The van der Waals surface area contributed by atoms with E-state index in [4.69, 9.17) is 0 Å². The highest BCUT2D eigenvalue weighted by Crippen LogP contribution is 2.28. The molecule has 0 aliphatic rings. The Hall–Kier alpha value is -2.96. The molecule has 0 saturated carbocycles. The molecule has 3 aromatic rings. The Kier molecular flexibility index (Phi) is 8.20. The molecule has 0 aliphatic carbocycles. The normalized spacial score (nSPS) is 11.6. The number of aromatic nitrogens is 2. The van der Waals surface area contributed by atoms with Crippen molar-refractivity contribution >= 4 is 63.4 Å². The molecule has 2 aromatic carbocycles. The van der Waals surface area contributed by atoms with Crippen LogP contribution in [0.1, 0.15) is 24.2 Å². The lowest BCUT2D eigenvalue weighted by atomic mass is 10.2. The zero-order valence-electron chi connectivity index (χ0n) is 17.1. The van der Waals surface area contributed by atoms with E-state index in [0.29, 0.717) is 16.0 Å². The van der Waals surface area contributed by atoms with Crippen molar-refractivity contribution in [3.05, 3.63) is 64.2 Å². The molecule has 0 aliphatic heterocycles. The Balaban J connectivity index is 1.61. The topological polar surface area (TPSA) is 127 Å². The average molecular weight is 490 g/mol. The second-order valence-electron chi connectivity index (χ2n) is 6.35. The van der Waals surface area contributed by atoms with Crippen LogP contribution in [0.3, 0.4) is 0 Å². The van der Waals surface area contributed by atoms with E-state index in [-0.39, 0.29) is 17.2 Å². The van der Waals surface area contributed by atoms with Gasteiger partial charge in [0.25, 0.3) is 11.6 Å². The first-order chi connectivity index (χ1) is 15.4. The molecular formula is C20H19N5O4S3. The summed E-state index contributed by atoms with van der Waals surface area (Å²) in [6, 6.07) is 12.5. The fraction of sp³-hybridized carbons (Fsp3) is 0.200. The van der Waals surface area contributed by atoms with E-state index >= 15 is 0 Å². The quantitative estimate of drug-likeness (QED) is 0.246. The van der Waals surface area contributed by atoms with E-state index in [9.17, 15) is 19.7 Å². The van der Waals surface area contributed by atoms with Crippen LogP contribution in [-0.4, -0.2) is 37.1 Å². The number of nitrogens with one attached hydrogen (secondary N) is 2. The second-order valence-corrected chi connectivity index (χ2v) is 9.75. The first-order valence-corrected chi connectivity index (χ1v) is 12.1. The van der Waals surface area contributed by atoms with Crippen LogP contribution >= 0.6 is 35.1 Å². The highest BCUT2D eigenvalue weighted by atomic mass is 32.2. The van der Waals surface area contributed by atoms with E-state index in [1.54, 1.807) is 25.1 Å². The molecule has 0 bridgehead atoms. The number of nitro benzene ring substituents is 1. The van der Waals surface area contributed by atoms with E-state index in [1.807, 2.05) is 13.0 Å². The predicted molar refractivity (Wildman–Crippen MR) is 128 cm³/mol. The maximum absolute atomic E-state index is 12.5. The lowest BCUT2D eigenvalue weighted by Gasteiger charge is -2.12. The first kappa shape index (κ1) is 23.7. The van der Waals surface area contributed by atoms with Crippen LogP contribution in [0, 0.1) is 10.1 Å². The van der Waals surface area contributed by atoms with E-state index in [0.717, 1.165) is 22.2 Å². The molecule has 1 heterocycles. The summed E-state index contributed by atoms with van der Waals surface area (Å²) in [5.41, 5.74) is 0.546. The number of carbonyl (C=O) groups is 2. The molecule has 32 heavy (non-hydrogen) atoms. The number of thioether (sulfide) groups is 2. The molecule has 1 aromatic heterocycles. The molecule has 0 saturated heterocycles. The van der Waals surface area contributed by atoms with Gasteiger partial charge in [-0.15, -0.1) is 11.8 Å². The van der Waals surface area contributed by atoms with E-state index in [2.05, 4.69) is 20.0 Å². The molecule has 2 amide bonds. The maximum atomic E-state index is 12.5. The summed E-state index contributed by atoms with van der Waals surface area (Å²) >= 11 is 3.97. The molecule has 1 atom stereocenters. The van der Waals surface area contributed by atoms with Crippen LogP contribution in [-0.2, 0) is 4.79 Å². The van der Waals surface area contributed by atoms with Gasteiger partial charge >= 0.3 is 0 Å². The van der Waals surface area contributed by atoms with Gasteiger partial charge in [0.2, 0.25) is 16.2 Å². The number of hydrogen-bond donors (Lipinski definition) is 2. The van der Waals surface area contributed by atoms with Gasteiger partial charge in [0.1, 0.15) is 0 Å². The van der Waals surface area contributed by atoms with E-state index in [1.165, 1.54) is 47.8 Å².